The maximum atomic E-state index is 12.7. The van der Waals surface area contributed by atoms with Crippen LogP contribution in [0.1, 0.15) is 31.2 Å². The predicted octanol–water partition coefficient (Wildman–Crippen LogP) is 2.16. The molecule has 6 heteroatoms. The van der Waals surface area contributed by atoms with Crippen LogP contribution >= 0.6 is 0 Å². The zero-order valence-corrected chi connectivity index (χ0v) is 14.1. The van der Waals surface area contributed by atoms with Crippen molar-refractivity contribution in [2.24, 2.45) is 17.8 Å². The molecule has 2 fully saturated rings. The van der Waals surface area contributed by atoms with Gasteiger partial charge in [-0.1, -0.05) is 37.3 Å². The lowest BCUT2D eigenvalue weighted by atomic mass is 10.0. The second-order valence-corrected chi connectivity index (χ2v) is 8.95. The monoisotopic (exact) mass is 337 g/mol. The van der Waals surface area contributed by atoms with Gasteiger partial charge in [0.25, 0.3) is 0 Å². The van der Waals surface area contributed by atoms with E-state index in [1.54, 1.807) is 4.31 Å². The van der Waals surface area contributed by atoms with E-state index in [1.807, 2.05) is 37.3 Å². The topological polar surface area (TPSA) is 74.7 Å². The highest BCUT2D eigenvalue weighted by molar-refractivity contribution is 7.89. The Morgan fingerprint density at radius 3 is 2.30 bits per heavy atom. The van der Waals surface area contributed by atoms with Crippen molar-refractivity contribution in [1.29, 1.82) is 0 Å². The summed E-state index contributed by atoms with van der Waals surface area (Å²) in [5, 5.41) is 9.11. The van der Waals surface area contributed by atoms with Crippen molar-refractivity contribution in [3.05, 3.63) is 35.9 Å². The molecule has 4 atom stereocenters. The highest BCUT2D eigenvalue weighted by Crippen LogP contribution is 2.42. The number of carboxylic acid groups (broad SMARTS) is 1. The third-order valence-corrected chi connectivity index (χ3v) is 7.30. The predicted molar refractivity (Wildman–Crippen MR) is 87.6 cm³/mol. The molecule has 0 spiro atoms. The van der Waals surface area contributed by atoms with Crippen molar-refractivity contribution in [1.82, 2.24) is 4.31 Å². The van der Waals surface area contributed by atoms with Crippen molar-refractivity contribution in [3.8, 4) is 0 Å². The maximum Gasteiger partial charge on any atom is 0.306 e. The molecular formula is C17H23NO4S. The Balaban J connectivity index is 1.63. The van der Waals surface area contributed by atoms with Crippen LogP contribution in [0.2, 0.25) is 0 Å². The molecule has 1 aromatic rings. The zero-order chi connectivity index (χ0) is 16.6. The first-order valence-corrected chi connectivity index (χ1v) is 9.73. The van der Waals surface area contributed by atoms with Crippen molar-refractivity contribution in [2.45, 2.75) is 25.7 Å². The van der Waals surface area contributed by atoms with Crippen LogP contribution in [-0.2, 0) is 14.8 Å². The number of sulfonamides is 1. The maximum absolute atomic E-state index is 12.7. The van der Waals surface area contributed by atoms with Gasteiger partial charge in [-0.25, -0.2) is 12.7 Å². The molecule has 1 aromatic carbocycles. The van der Waals surface area contributed by atoms with Gasteiger partial charge in [0.2, 0.25) is 10.0 Å². The van der Waals surface area contributed by atoms with E-state index in [1.165, 1.54) is 0 Å². The number of aliphatic carboxylic acids is 1. The summed E-state index contributed by atoms with van der Waals surface area (Å²) in [5.41, 5.74) is 1.03. The lowest BCUT2D eigenvalue weighted by molar-refractivity contribution is -0.141. The molecule has 1 heterocycles. The molecule has 2 unspecified atom stereocenters. The number of carboxylic acids is 1. The first-order valence-electron chi connectivity index (χ1n) is 8.12. The Labute approximate surface area is 137 Å². The zero-order valence-electron chi connectivity index (χ0n) is 13.3. The summed E-state index contributed by atoms with van der Waals surface area (Å²) in [7, 11) is -3.30. The first-order chi connectivity index (χ1) is 10.9. The van der Waals surface area contributed by atoms with Crippen LogP contribution in [0.15, 0.2) is 30.3 Å². The largest absolute Gasteiger partial charge is 0.481 e. The van der Waals surface area contributed by atoms with E-state index in [-0.39, 0.29) is 29.4 Å². The molecule has 1 aliphatic heterocycles. The minimum absolute atomic E-state index is 0.0478. The van der Waals surface area contributed by atoms with Gasteiger partial charge in [-0.05, 0) is 36.2 Å². The normalized spacial score (nSPS) is 29.3. The summed E-state index contributed by atoms with van der Waals surface area (Å²) in [6.45, 7) is 2.90. The average molecular weight is 337 g/mol. The van der Waals surface area contributed by atoms with Crippen LogP contribution in [0.25, 0.3) is 0 Å². The fraction of sp³-hybridized carbons (Fsp3) is 0.588. The minimum atomic E-state index is -3.30. The lowest BCUT2D eigenvalue weighted by Gasteiger charge is -2.21. The van der Waals surface area contributed by atoms with Crippen molar-refractivity contribution < 1.29 is 18.3 Å². The number of hydrogen-bond acceptors (Lipinski definition) is 3. The number of rotatable bonds is 5. The fourth-order valence-electron chi connectivity index (χ4n) is 3.98. The van der Waals surface area contributed by atoms with Crippen molar-refractivity contribution in [2.75, 3.05) is 18.8 Å². The molecule has 0 amide bonds. The molecule has 1 N–H and O–H groups in total. The molecule has 1 saturated carbocycles. The summed E-state index contributed by atoms with van der Waals surface area (Å²) in [5.74, 6) is -0.562. The van der Waals surface area contributed by atoms with Crippen molar-refractivity contribution >= 4 is 16.0 Å². The van der Waals surface area contributed by atoms with Crippen LogP contribution in [0.3, 0.4) is 0 Å². The molecule has 23 heavy (non-hydrogen) atoms. The van der Waals surface area contributed by atoms with Crippen LogP contribution in [0.4, 0.5) is 0 Å². The van der Waals surface area contributed by atoms with Gasteiger partial charge in [0.15, 0.2) is 0 Å². The number of benzene rings is 1. The van der Waals surface area contributed by atoms with E-state index in [9.17, 15) is 13.2 Å². The summed E-state index contributed by atoms with van der Waals surface area (Å²) in [6.07, 6.45) is 1.22. The summed E-state index contributed by atoms with van der Waals surface area (Å²) in [4.78, 5) is 11.1. The van der Waals surface area contributed by atoms with E-state index in [2.05, 4.69) is 0 Å². The van der Waals surface area contributed by atoms with Gasteiger partial charge in [-0.2, -0.15) is 0 Å². The fourth-order valence-corrected chi connectivity index (χ4v) is 5.86. The van der Waals surface area contributed by atoms with Gasteiger partial charge in [0.1, 0.15) is 0 Å². The van der Waals surface area contributed by atoms with Gasteiger partial charge in [0, 0.05) is 13.1 Å². The summed E-state index contributed by atoms with van der Waals surface area (Å²) >= 11 is 0. The van der Waals surface area contributed by atoms with Crippen molar-refractivity contribution in [3.63, 3.8) is 0 Å². The highest BCUT2D eigenvalue weighted by atomic mass is 32.2. The van der Waals surface area contributed by atoms with Crippen LogP contribution < -0.4 is 0 Å². The number of fused-ring (bicyclic) bond motifs is 1. The molecule has 126 valence electrons. The Hall–Kier alpha value is -1.40. The van der Waals surface area contributed by atoms with Gasteiger partial charge in [-0.15, -0.1) is 0 Å². The SMILES string of the molecule is CC(CS(=O)(=O)N1C[C@H]2CC(C(=O)O)C[C@H]2C1)c1ccccc1. The molecule has 1 saturated heterocycles. The Morgan fingerprint density at radius 1 is 1.22 bits per heavy atom. The second-order valence-electron chi connectivity index (χ2n) is 6.93. The van der Waals surface area contributed by atoms with Gasteiger partial charge < -0.3 is 5.11 Å². The van der Waals surface area contributed by atoms with Gasteiger partial charge >= 0.3 is 5.97 Å². The van der Waals surface area contributed by atoms with Gasteiger partial charge in [0.05, 0.1) is 11.7 Å². The lowest BCUT2D eigenvalue weighted by Crippen LogP contribution is -2.34. The van der Waals surface area contributed by atoms with Gasteiger partial charge in [-0.3, -0.25) is 4.79 Å². The molecule has 3 rings (SSSR count). The average Bonchev–Trinajstić information content (AvgIpc) is 3.06. The quantitative estimate of drug-likeness (QED) is 0.893. The third-order valence-electron chi connectivity index (χ3n) is 5.29. The van der Waals surface area contributed by atoms with E-state index < -0.39 is 16.0 Å². The number of carbonyl (C=O) groups is 1. The second kappa shape index (κ2) is 6.24. The first kappa shape index (κ1) is 16.5. The standard InChI is InChI=1S/C17H23NO4S/c1-12(13-5-3-2-4-6-13)11-23(21,22)18-9-15-7-14(17(19)20)8-16(15)10-18/h2-6,12,14-16H,7-11H2,1H3,(H,19,20)/t12?,14?,15-,16+. The molecule has 2 aliphatic rings. The van der Waals surface area contributed by atoms with E-state index in [0.717, 1.165) is 5.56 Å². The smallest absolute Gasteiger partial charge is 0.306 e. The molecule has 0 bridgehead atoms. The summed E-state index contributed by atoms with van der Waals surface area (Å²) in [6, 6.07) is 9.67. The molecule has 1 aliphatic carbocycles. The Bertz CT molecular complexity index is 659. The molecular weight excluding hydrogens is 314 g/mol. The van der Waals surface area contributed by atoms with Crippen LogP contribution in [-0.4, -0.2) is 42.6 Å². The number of nitrogens with zero attached hydrogens (tertiary/aromatic N) is 1. The van der Waals surface area contributed by atoms with E-state index >= 15 is 0 Å². The molecule has 0 radical (unpaired) electrons. The molecule has 0 aromatic heterocycles. The highest BCUT2D eigenvalue weighted by Gasteiger charge is 2.46. The Morgan fingerprint density at radius 2 is 1.78 bits per heavy atom. The van der Waals surface area contributed by atoms with E-state index in [4.69, 9.17) is 5.11 Å². The Kier molecular flexibility index (Phi) is 4.47. The van der Waals surface area contributed by atoms with Crippen LogP contribution in [0, 0.1) is 17.8 Å². The minimum Gasteiger partial charge on any atom is -0.481 e. The van der Waals surface area contributed by atoms with E-state index in [0.29, 0.717) is 25.9 Å². The molecule has 5 nitrogen and oxygen atoms in total. The third kappa shape index (κ3) is 3.43. The number of hydrogen-bond donors (Lipinski definition) is 1. The van der Waals surface area contributed by atoms with Crippen LogP contribution in [0.5, 0.6) is 0 Å². The summed E-state index contributed by atoms with van der Waals surface area (Å²) < 4.78 is 26.9.